The Bertz CT molecular complexity index is 975. The molecule has 1 atom stereocenters. The number of hydrogen-bond donors (Lipinski definition) is 2. The van der Waals surface area contributed by atoms with Gasteiger partial charge in [-0.15, -0.1) is 10.2 Å². The van der Waals surface area contributed by atoms with E-state index in [4.69, 9.17) is 4.74 Å². The summed E-state index contributed by atoms with van der Waals surface area (Å²) in [7, 11) is 0. The van der Waals surface area contributed by atoms with Crippen molar-refractivity contribution in [3.05, 3.63) is 70.2 Å². The fraction of sp³-hybridized carbons (Fsp3) is 0.238. The standard InChI is InChI=1S/C21H22N4O3S/c1-3-14(2)22-19(26)15-8-7-9-16(12-15)23-20(27)21-25-24-18(29-21)13-28-17-10-5-4-6-11-17/h4-12,14H,3,13H2,1-2H3,(H,22,26)(H,23,27)/t14-/m0/s1. The number of anilines is 1. The Balaban J connectivity index is 1.60. The number of amides is 2. The SMILES string of the molecule is CC[C@H](C)NC(=O)c1cccc(NC(=O)c2nnc(COc3ccccc3)s2)c1. The number of aromatic nitrogens is 2. The van der Waals surface area contributed by atoms with Gasteiger partial charge in [-0.05, 0) is 43.7 Å². The molecule has 2 aromatic carbocycles. The van der Waals surface area contributed by atoms with E-state index < -0.39 is 0 Å². The van der Waals surface area contributed by atoms with Crippen LogP contribution in [0.2, 0.25) is 0 Å². The van der Waals surface area contributed by atoms with Crippen LogP contribution in [0.1, 0.15) is 45.4 Å². The van der Waals surface area contributed by atoms with Crippen LogP contribution >= 0.6 is 11.3 Å². The van der Waals surface area contributed by atoms with Gasteiger partial charge in [0, 0.05) is 17.3 Å². The van der Waals surface area contributed by atoms with Crippen LogP contribution in [-0.4, -0.2) is 28.1 Å². The van der Waals surface area contributed by atoms with Gasteiger partial charge in [0.05, 0.1) is 0 Å². The highest BCUT2D eigenvalue weighted by molar-refractivity contribution is 7.13. The molecule has 3 aromatic rings. The summed E-state index contributed by atoms with van der Waals surface area (Å²) in [6.45, 7) is 4.18. The summed E-state index contributed by atoms with van der Waals surface area (Å²) in [5.74, 6) is 0.167. The van der Waals surface area contributed by atoms with E-state index in [9.17, 15) is 9.59 Å². The van der Waals surface area contributed by atoms with E-state index in [1.807, 2.05) is 44.2 Å². The Morgan fingerprint density at radius 3 is 2.62 bits per heavy atom. The second-order valence-corrected chi connectivity index (χ2v) is 7.48. The van der Waals surface area contributed by atoms with Crippen molar-refractivity contribution in [2.24, 2.45) is 0 Å². The average Bonchev–Trinajstić information content (AvgIpc) is 3.22. The number of rotatable bonds is 8. The lowest BCUT2D eigenvalue weighted by molar-refractivity contribution is 0.0938. The minimum absolute atomic E-state index is 0.0821. The van der Waals surface area contributed by atoms with Crippen LogP contribution in [0.4, 0.5) is 5.69 Å². The molecule has 3 rings (SSSR count). The Hall–Kier alpha value is -3.26. The van der Waals surface area contributed by atoms with E-state index in [1.165, 1.54) is 0 Å². The first-order valence-electron chi connectivity index (χ1n) is 9.27. The zero-order chi connectivity index (χ0) is 20.6. The fourth-order valence-electron chi connectivity index (χ4n) is 2.40. The van der Waals surface area contributed by atoms with Crippen LogP contribution in [-0.2, 0) is 6.61 Å². The third kappa shape index (κ3) is 5.86. The monoisotopic (exact) mass is 410 g/mol. The lowest BCUT2D eigenvalue weighted by atomic mass is 10.1. The largest absolute Gasteiger partial charge is 0.486 e. The number of para-hydroxylation sites is 1. The van der Waals surface area contributed by atoms with Gasteiger partial charge in [0.2, 0.25) is 5.01 Å². The maximum atomic E-state index is 12.5. The maximum Gasteiger partial charge on any atom is 0.286 e. The van der Waals surface area contributed by atoms with Crippen molar-refractivity contribution >= 4 is 28.8 Å². The van der Waals surface area contributed by atoms with Gasteiger partial charge in [-0.2, -0.15) is 0 Å². The molecule has 150 valence electrons. The highest BCUT2D eigenvalue weighted by Gasteiger charge is 2.15. The molecular formula is C21H22N4O3S. The van der Waals surface area contributed by atoms with Crippen LogP contribution < -0.4 is 15.4 Å². The van der Waals surface area contributed by atoms with Crippen molar-refractivity contribution in [3.63, 3.8) is 0 Å². The molecule has 0 bridgehead atoms. The van der Waals surface area contributed by atoms with Crippen molar-refractivity contribution < 1.29 is 14.3 Å². The molecule has 1 aromatic heterocycles. The van der Waals surface area contributed by atoms with E-state index in [0.717, 1.165) is 23.5 Å². The quantitative estimate of drug-likeness (QED) is 0.587. The average molecular weight is 410 g/mol. The zero-order valence-electron chi connectivity index (χ0n) is 16.2. The number of carbonyl (C=O) groups is 2. The van der Waals surface area contributed by atoms with Crippen LogP contribution in [0.5, 0.6) is 5.75 Å². The summed E-state index contributed by atoms with van der Waals surface area (Å²) < 4.78 is 5.62. The fourth-order valence-corrected chi connectivity index (χ4v) is 3.05. The van der Waals surface area contributed by atoms with Crippen molar-refractivity contribution in [2.75, 3.05) is 5.32 Å². The Labute approximate surface area is 173 Å². The van der Waals surface area contributed by atoms with E-state index in [1.54, 1.807) is 24.3 Å². The topological polar surface area (TPSA) is 93.2 Å². The second-order valence-electron chi connectivity index (χ2n) is 6.42. The first-order valence-corrected chi connectivity index (χ1v) is 10.1. The smallest absolute Gasteiger partial charge is 0.286 e. The molecule has 2 amide bonds. The lowest BCUT2D eigenvalue weighted by Crippen LogP contribution is -2.31. The number of hydrogen-bond acceptors (Lipinski definition) is 6. The predicted octanol–water partition coefficient (Wildman–Crippen LogP) is 3.90. The van der Waals surface area contributed by atoms with Crippen LogP contribution in [0.25, 0.3) is 0 Å². The van der Waals surface area contributed by atoms with Crippen LogP contribution in [0.15, 0.2) is 54.6 Å². The van der Waals surface area contributed by atoms with E-state index in [2.05, 4.69) is 20.8 Å². The van der Waals surface area contributed by atoms with Crippen molar-refractivity contribution in [2.45, 2.75) is 32.9 Å². The molecule has 0 aliphatic heterocycles. The van der Waals surface area contributed by atoms with Gasteiger partial charge < -0.3 is 15.4 Å². The molecule has 0 saturated carbocycles. The summed E-state index contributed by atoms with van der Waals surface area (Å²) in [4.78, 5) is 24.7. The number of ether oxygens (including phenoxy) is 1. The lowest BCUT2D eigenvalue weighted by Gasteiger charge is -2.12. The summed E-state index contributed by atoms with van der Waals surface area (Å²) in [6.07, 6.45) is 0.843. The highest BCUT2D eigenvalue weighted by atomic mass is 32.1. The molecule has 0 aliphatic rings. The first-order chi connectivity index (χ1) is 14.0. The molecule has 29 heavy (non-hydrogen) atoms. The van der Waals surface area contributed by atoms with Crippen molar-refractivity contribution in [1.29, 1.82) is 0 Å². The third-order valence-corrected chi connectivity index (χ3v) is 5.03. The third-order valence-electron chi connectivity index (χ3n) is 4.14. The summed E-state index contributed by atoms with van der Waals surface area (Å²) in [6, 6.07) is 16.2. The van der Waals surface area contributed by atoms with Crippen LogP contribution in [0.3, 0.4) is 0 Å². The molecule has 0 fully saturated rings. The number of carbonyl (C=O) groups excluding carboxylic acids is 2. The summed E-state index contributed by atoms with van der Waals surface area (Å²) in [5, 5.41) is 14.4. The predicted molar refractivity (Wildman–Crippen MR) is 112 cm³/mol. The molecule has 0 saturated heterocycles. The molecule has 1 heterocycles. The molecule has 0 radical (unpaired) electrons. The Morgan fingerprint density at radius 2 is 1.86 bits per heavy atom. The minimum atomic E-state index is -0.382. The van der Waals surface area contributed by atoms with Gasteiger partial charge in [-0.25, -0.2) is 0 Å². The maximum absolute atomic E-state index is 12.5. The molecule has 0 aliphatic carbocycles. The number of nitrogens with one attached hydrogen (secondary N) is 2. The molecule has 2 N–H and O–H groups in total. The van der Waals surface area contributed by atoms with Gasteiger partial charge >= 0.3 is 0 Å². The Morgan fingerprint density at radius 1 is 1.07 bits per heavy atom. The summed E-state index contributed by atoms with van der Waals surface area (Å²) in [5.41, 5.74) is 1.00. The Kier molecular flexibility index (Phi) is 6.91. The van der Waals surface area contributed by atoms with E-state index >= 15 is 0 Å². The van der Waals surface area contributed by atoms with Crippen LogP contribution in [0, 0.1) is 0 Å². The van der Waals surface area contributed by atoms with Gasteiger partial charge in [-0.3, -0.25) is 9.59 Å². The van der Waals surface area contributed by atoms with E-state index in [-0.39, 0.29) is 29.5 Å². The molecular weight excluding hydrogens is 388 g/mol. The van der Waals surface area contributed by atoms with Gasteiger partial charge in [0.15, 0.2) is 5.01 Å². The normalized spacial score (nSPS) is 11.5. The number of nitrogens with zero attached hydrogens (tertiary/aromatic N) is 2. The van der Waals surface area contributed by atoms with Crippen molar-refractivity contribution in [3.8, 4) is 5.75 Å². The first kappa shape index (κ1) is 20.5. The number of benzene rings is 2. The zero-order valence-corrected chi connectivity index (χ0v) is 17.0. The molecule has 7 nitrogen and oxygen atoms in total. The molecule has 0 spiro atoms. The molecule has 8 heteroatoms. The van der Waals surface area contributed by atoms with E-state index in [0.29, 0.717) is 16.3 Å². The highest BCUT2D eigenvalue weighted by Crippen LogP contribution is 2.17. The second kappa shape index (κ2) is 9.79. The minimum Gasteiger partial charge on any atom is -0.486 e. The molecule has 0 unspecified atom stereocenters. The van der Waals surface area contributed by atoms with Crippen molar-refractivity contribution in [1.82, 2.24) is 15.5 Å². The van der Waals surface area contributed by atoms with Gasteiger partial charge in [0.1, 0.15) is 12.4 Å². The summed E-state index contributed by atoms with van der Waals surface area (Å²) >= 11 is 1.16. The van der Waals surface area contributed by atoms with Gasteiger partial charge in [-0.1, -0.05) is 42.5 Å². The van der Waals surface area contributed by atoms with Gasteiger partial charge in [0.25, 0.3) is 11.8 Å².